The van der Waals surface area contributed by atoms with E-state index in [9.17, 15) is 0 Å². The molecular weight excluding hydrogens is 102 g/mol. The molecule has 8 heavy (non-hydrogen) atoms. The third-order valence-corrected chi connectivity index (χ3v) is 0.807. The van der Waals surface area contributed by atoms with Crippen LogP contribution in [0.2, 0.25) is 0 Å². The van der Waals surface area contributed by atoms with E-state index in [1.807, 2.05) is 7.05 Å². The first-order valence-electron chi connectivity index (χ1n) is 2.79. The maximum Gasteiger partial charge on any atom is 0.0885 e. The van der Waals surface area contributed by atoms with Crippen molar-refractivity contribution >= 4 is 0 Å². The second-order valence-electron chi connectivity index (χ2n) is 1.49. The van der Waals surface area contributed by atoms with Gasteiger partial charge in [0.25, 0.3) is 0 Å². The van der Waals surface area contributed by atoms with Gasteiger partial charge in [0, 0.05) is 0 Å². The third-order valence-electron chi connectivity index (χ3n) is 0.807. The van der Waals surface area contributed by atoms with Crippen LogP contribution in [0.15, 0.2) is 12.8 Å². The average Bonchev–Trinajstić information content (AvgIpc) is 1.81. The van der Waals surface area contributed by atoms with E-state index >= 15 is 0 Å². The van der Waals surface area contributed by atoms with Crippen molar-refractivity contribution in [1.82, 2.24) is 5.32 Å². The van der Waals surface area contributed by atoms with E-state index in [1.54, 1.807) is 0 Å². The van der Waals surface area contributed by atoms with Gasteiger partial charge in [0.05, 0.1) is 12.9 Å². The Balaban J connectivity index is 2.62. The summed E-state index contributed by atoms with van der Waals surface area (Å²) < 4.78 is 4.86. The predicted octanol–water partition coefficient (Wildman–Crippen LogP) is 0.756. The van der Waals surface area contributed by atoms with Crippen LogP contribution in [0.5, 0.6) is 0 Å². The molecule has 0 aromatic rings. The SMILES string of the molecule is C=COCCCNC. The van der Waals surface area contributed by atoms with E-state index in [-0.39, 0.29) is 0 Å². The van der Waals surface area contributed by atoms with Crippen molar-refractivity contribution in [1.29, 1.82) is 0 Å². The van der Waals surface area contributed by atoms with Crippen LogP contribution in [0.1, 0.15) is 6.42 Å². The van der Waals surface area contributed by atoms with Crippen molar-refractivity contribution in [2.75, 3.05) is 20.2 Å². The normalized spacial score (nSPS) is 8.62. The molecule has 48 valence electrons. The Morgan fingerprint density at radius 1 is 1.75 bits per heavy atom. The first kappa shape index (κ1) is 7.50. The van der Waals surface area contributed by atoms with Crippen LogP contribution in [-0.4, -0.2) is 20.2 Å². The molecule has 0 heterocycles. The molecule has 0 radical (unpaired) electrons. The first-order valence-corrected chi connectivity index (χ1v) is 2.79. The summed E-state index contributed by atoms with van der Waals surface area (Å²) in [6.45, 7) is 5.19. The monoisotopic (exact) mass is 115 g/mol. The zero-order valence-corrected chi connectivity index (χ0v) is 5.31. The second kappa shape index (κ2) is 6.50. The van der Waals surface area contributed by atoms with E-state index < -0.39 is 0 Å². The van der Waals surface area contributed by atoms with Crippen LogP contribution < -0.4 is 5.32 Å². The summed E-state index contributed by atoms with van der Waals surface area (Å²) in [5.41, 5.74) is 0. The molecule has 0 saturated heterocycles. The van der Waals surface area contributed by atoms with Gasteiger partial charge in [0.2, 0.25) is 0 Å². The molecular formula is C6H13NO. The van der Waals surface area contributed by atoms with Gasteiger partial charge in [0.15, 0.2) is 0 Å². The Labute approximate surface area is 50.5 Å². The molecule has 0 fully saturated rings. The fourth-order valence-electron chi connectivity index (χ4n) is 0.416. The Bertz CT molecular complexity index is 54.5. The number of rotatable bonds is 5. The molecule has 0 amide bonds. The molecule has 0 aliphatic carbocycles. The summed E-state index contributed by atoms with van der Waals surface area (Å²) in [4.78, 5) is 0. The third kappa shape index (κ3) is 5.50. The molecule has 0 aromatic carbocycles. The van der Waals surface area contributed by atoms with E-state index in [0.717, 1.165) is 19.6 Å². The molecule has 2 heteroatoms. The lowest BCUT2D eigenvalue weighted by Gasteiger charge is -1.97. The highest BCUT2D eigenvalue weighted by Crippen LogP contribution is 1.78. The van der Waals surface area contributed by atoms with Gasteiger partial charge >= 0.3 is 0 Å². The van der Waals surface area contributed by atoms with Gasteiger partial charge in [-0.2, -0.15) is 0 Å². The van der Waals surface area contributed by atoms with Gasteiger partial charge in [-0.05, 0) is 20.0 Å². The van der Waals surface area contributed by atoms with Crippen LogP contribution >= 0.6 is 0 Å². The Hall–Kier alpha value is -0.500. The van der Waals surface area contributed by atoms with Gasteiger partial charge in [-0.25, -0.2) is 0 Å². The van der Waals surface area contributed by atoms with Crippen molar-refractivity contribution < 1.29 is 4.74 Å². The van der Waals surface area contributed by atoms with Crippen molar-refractivity contribution in [2.24, 2.45) is 0 Å². The van der Waals surface area contributed by atoms with Crippen LogP contribution in [-0.2, 0) is 4.74 Å². The summed E-state index contributed by atoms with van der Waals surface area (Å²) >= 11 is 0. The van der Waals surface area contributed by atoms with Gasteiger partial charge in [-0.3, -0.25) is 0 Å². The fourth-order valence-corrected chi connectivity index (χ4v) is 0.416. The first-order chi connectivity index (χ1) is 3.91. The number of nitrogens with one attached hydrogen (secondary N) is 1. The Kier molecular flexibility index (Phi) is 6.09. The Morgan fingerprint density at radius 3 is 3.00 bits per heavy atom. The van der Waals surface area contributed by atoms with Crippen LogP contribution in [0.25, 0.3) is 0 Å². The van der Waals surface area contributed by atoms with Crippen LogP contribution in [0.4, 0.5) is 0 Å². The summed E-state index contributed by atoms with van der Waals surface area (Å²) in [5.74, 6) is 0. The molecule has 0 saturated carbocycles. The summed E-state index contributed by atoms with van der Waals surface area (Å²) in [6.07, 6.45) is 2.51. The van der Waals surface area contributed by atoms with Crippen molar-refractivity contribution in [3.63, 3.8) is 0 Å². The van der Waals surface area contributed by atoms with Crippen molar-refractivity contribution in [3.8, 4) is 0 Å². The second-order valence-corrected chi connectivity index (χ2v) is 1.49. The number of hydrogen-bond acceptors (Lipinski definition) is 2. The molecule has 0 atom stereocenters. The molecule has 0 aliphatic heterocycles. The zero-order valence-electron chi connectivity index (χ0n) is 5.31. The summed E-state index contributed by atoms with van der Waals surface area (Å²) in [6, 6.07) is 0. The van der Waals surface area contributed by atoms with E-state index in [1.165, 1.54) is 6.26 Å². The predicted molar refractivity (Wildman–Crippen MR) is 34.7 cm³/mol. The maximum atomic E-state index is 4.86. The highest BCUT2D eigenvalue weighted by atomic mass is 16.5. The number of ether oxygens (including phenoxy) is 1. The molecule has 0 bridgehead atoms. The smallest absolute Gasteiger partial charge is 0.0885 e. The Morgan fingerprint density at radius 2 is 2.50 bits per heavy atom. The van der Waals surface area contributed by atoms with Gasteiger partial charge < -0.3 is 10.1 Å². The average molecular weight is 115 g/mol. The minimum atomic E-state index is 0.768. The molecule has 2 nitrogen and oxygen atoms in total. The maximum absolute atomic E-state index is 4.86. The van der Waals surface area contributed by atoms with Crippen molar-refractivity contribution in [2.45, 2.75) is 6.42 Å². The molecule has 0 unspecified atom stereocenters. The van der Waals surface area contributed by atoms with Gasteiger partial charge in [-0.15, -0.1) is 0 Å². The highest BCUT2D eigenvalue weighted by molar-refractivity contribution is 4.49. The highest BCUT2D eigenvalue weighted by Gasteiger charge is 1.79. The van der Waals surface area contributed by atoms with Gasteiger partial charge in [-0.1, -0.05) is 6.58 Å². The molecule has 0 rings (SSSR count). The van der Waals surface area contributed by atoms with Gasteiger partial charge in [0.1, 0.15) is 0 Å². The minimum absolute atomic E-state index is 0.768. The molecule has 1 N–H and O–H groups in total. The number of hydrogen-bond donors (Lipinski definition) is 1. The van der Waals surface area contributed by atoms with Crippen molar-refractivity contribution in [3.05, 3.63) is 12.8 Å². The lowest BCUT2D eigenvalue weighted by Crippen LogP contribution is -2.09. The van der Waals surface area contributed by atoms with E-state index in [4.69, 9.17) is 4.74 Å². The molecule has 0 spiro atoms. The molecule has 0 aromatic heterocycles. The summed E-state index contributed by atoms with van der Waals surface area (Å²) in [7, 11) is 1.92. The largest absolute Gasteiger partial charge is 0.502 e. The van der Waals surface area contributed by atoms with Crippen LogP contribution in [0, 0.1) is 0 Å². The zero-order chi connectivity index (χ0) is 6.24. The van der Waals surface area contributed by atoms with E-state index in [2.05, 4.69) is 11.9 Å². The fraction of sp³-hybridized carbons (Fsp3) is 0.667. The standard InChI is InChI=1S/C6H13NO/c1-3-8-6-4-5-7-2/h3,7H,1,4-6H2,2H3. The van der Waals surface area contributed by atoms with E-state index in [0.29, 0.717) is 0 Å². The van der Waals surface area contributed by atoms with Crippen LogP contribution in [0.3, 0.4) is 0 Å². The lowest BCUT2D eigenvalue weighted by molar-refractivity contribution is 0.245. The summed E-state index contributed by atoms with van der Waals surface area (Å²) in [5, 5.41) is 3.01. The molecule has 0 aliphatic rings. The topological polar surface area (TPSA) is 21.3 Å². The lowest BCUT2D eigenvalue weighted by atomic mass is 10.5. The quantitative estimate of drug-likeness (QED) is 0.422. The minimum Gasteiger partial charge on any atom is -0.502 e.